The summed E-state index contributed by atoms with van der Waals surface area (Å²) in [6.07, 6.45) is 8.26. The van der Waals surface area contributed by atoms with Crippen LogP contribution in [0.4, 0.5) is 5.69 Å². The number of amides is 2. The van der Waals surface area contributed by atoms with Crippen LogP contribution >= 0.6 is 0 Å². The van der Waals surface area contributed by atoms with Gasteiger partial charge >= 0.3 is 0 Å². The van der Waals surface area contributed by atoms with Crippen LogP contribution in [-0.2, 0) is 16.1 Å². The predicted molar refractivity (Wildman–Crippen MR) is 107 cm³/mol. The van der Waals surface area contributed by atoms with Crippen LogP contribution in [0.3, 0.4) is 0 Å². The van der Waals surface area contributed by atoms with E-state index >= 15 is 0 Å². The van der Waals surface area contributed by atoms with E-state index in [4.69, 9.17) is 0 Å². The highest BCUT2D eigenvalue weighted by Gasteiger charge is 2.57. The van der Waals surface area contributed by atoms with Gasteiger partial charge in [-0.25, -0.2) is 0 Å². The highest BCUT2D eigenvalue weighted by molar-refractivity contribution is 5.95. The Morgan fingerprint density at radius 1 is 1.14 bits per heavy atom. The molecule has 1 heterocycles. The van der Waals surface area contributed by atoms with Crippen LogP contribution < -0.4 is 10.2 Å². The lowest BCUT2D eigenvalue weighted by molar-refractivity contribution is -0.169. The molecule has 6 rings (SSSR count). The summed E-state index contributed by atoms with van der Waals surface area (Å²) in [5, 5.41) is 13.9. The SMILES string of the molecule is O=C(CC12CC3CC(CC(O)(C3)C1)C2)NCc1ccc(N2CCCC2=O)cc1. The standard InChI is InChI=1S/C23H30N2O3/c26-20(13-22-9-17-8-18(10-22)12-23(28,11-17)15-22)24-14-16-3-5-19(6-4-16)25-7-1-2-21(25)27/h3-6,17-18,28H,1-2,7-15H2,(H,24,26). The van der Waals surface area contributed by atoms with Gasteiger partial charge in [0.2, 0.25) is 11.8 Å². The molecule has 5 heteroatoms. The number of nitrogens with zero attached hydrogens (tertiary/aromatic N) is 1. The van der Waals surface area contributed by atoms with E-state index in [2.05, 4.69) is 5.32 Å². The molecule has 5 nitrogen and oxygen atoms in total. The number of carbonyl (C=O) groups excluding carboxylic acids is 2. The second-order valence-electron chi connectivity index (χ2n) is 9.95. The van der Waals surface area contributed by atoms with Gasteiger partial charge < -0.3 is 15.3 Å². The van der Waals surface area contributed by atoms with Crippen molar-refractivity contribution in [2.75, 3.05) is 11.4 Å². The first-order chi connectivity index (χ1) is 13.4. The Bertz CT molecular complexity index is 774. The summed E-state index contributed by atoms with van der Waals surface area (Å²) in [5.41, 5.74) is 1.50. The minimum absolute atomic E-state index is 0.0168. The Hall–Kier alpha value is -1.88. The molecular formula is C23H30N2O3. The molecule has 0 aromatic heterocycles. The van der Waals surface area contributed by atoms with E-state index in [9.17, 15) is 14.7 Å². The smallest absolute Gasteiger partial charge is 0.227 e. The quantitative estimate of drug-likeness (QED) is 0.822. The minimum atomic E-state index is -0.507. The fourth-order valence-electron chi connectivity index (χ4n) is 6.93. The second kappa shape index (κ2) is 6.58. The summed E-state index contributed by atoms with van der Waals surface area (Å²) in [6, 6.07) is 7.93. The summed E-state index contributed by atoms with van der Waals surface area (Å²) in [4.78, 5) is 26.4. The minimum Gasteiger partial charge on any atom is -0.390 e. The number of benzene rings is 1. The molecule has 4 bridgehead atoms. The number of nitrogens with one attached hydrogen (secondary N) is 1. The van der Waals surface area contributed by atoms with Gasteiger partial charge in [-0.15, -0.1) is 0 Å². The third kappa shape index (κ3) is 3.34. The zero-order chi connectivity index (χ0) is 19.4. The molecule has 2 N–H and O–H groups in total. The first-order valence-electron chi connectivity index (χ1n) is 10.8. The van der Waals surface area contributed by atoms with Gasteiger partial charge in [-0.3, -0.25) is 9.59 Å². The van der Waals surface area contributed by atoms with E-state index in [1.165, 1.54) is 6.42 Å². The third-order valence-corrected chi connectivity index (χ3v) is 7.50. The maximum Gasteiger partial charge on any atom is 0.227 e. The molecule has 150 valence electrons. The van der Waals surface area contributed by atoms with Gasteiger partial charge in [0.1, 0.15) is 0 Å². The van der Waals surface area contributed by atoms with Gasteiger partial charge in [0.15, 0.2) is 0 Å². The van der Waals surface area contributed by atoms with Crippen molar-refractivity contribution in [2.24, 2.45) is 17.3 Å². The number of carbonyl (C=O) groups is 2. The van der Waals surface area contributed by atoms with Crippen molar-refractivity contribution in [3.63, 3.8) is 0 Å². The first kappa shape index (κ1) is 18.2. The zero-order valence-corrected chi connectivity index (χ0v) is 16.5. The molecule has 5 aliphatic rings. The second-order valence-corrected chi connectivity index (χ2v) is 9.95. The number of anilines is 1. The van der Waals surface area contributed by atoms with Crippen LogP contribution in [0.2, 0.25) is 0 Å². The van der Waals surface area contributed by atoms with E-state index in [0.29, 0.717) is 31.2 Å². The van der Waals surface area contributed by atoms with Crippen LogP contribution in [0.15, 0.2) is 24.3 Å². The maximum absolute atomic E-state index is 12.7. The van der Waals surface area contributed by atoms with E-state index < -0.39 is 5.60 Å². The Morgan fingerprint density at radius 2 is 1.86 bits per heavy atom. The van der Waals surface area contributed by atoms with Crippen LogP contribution in [-0.4, -0.2) is 29.1 Å². The van der Waals surface area contributed by atoms with Gasteiger partial charge in [-0.1, -0.05) is 12.1 Å². The van der Waals surface area contributed by atoms with E-state index in [1.807, 2.05) is 29.2 Å². The largest absolute Gasteiger partial charge is 0.390 e. The fraction of sp³-hybridized carbons (Fsp3) is 0.652. The number of hydrogen-bond acceptors (Lipinski definition) is 3. The molecule has 28 heavy (non-hydrogen) atoms. The van der Waals surface area contributed by atoms with E-state index in [-0.39, 0.29) is 17.2 Å². The molecule has 0 radical (unpaired) electrons. The lowest BCUT2D eigenvalue weighted by Crippen LogP contribution is -2.56. The summed E-state index contributed by atoms with van der Waals surface area (Å²) in [7, 11) is 0. The van der Waals surface area contributed by atoms with Gasteiger partial charge in [0.05, 0.1) is 5.60 Å². The molecule has 4 saturated carbocycles. The van der Waals surface area contributed by atoms with Crippen molar-refractivity contribution in [3.8, 4) is 0 Å². The summed E-state index contributed by atoms with van der Waals surface area (Å²) in [6.45, 7) is 1.31. The Labute approximate surface area is 166 Å². The van der Waals surface area contributed by atoms with Crippen molar-refractivity contribution in [1.29, 1.82) is 0 Å². The van der Waals surface area contributed by atoms with Crippen LogP contribution in [0.5, 0.6) is 0 Å². The molecule has 2 amide bonds. The molecule has 2 unspecified atom stereocenters. The van der Waals surface area contributed by atoms with Crippen molar-refractivity contribution in [2.45, 2.75) is 69.9 Å². The molecule has 5 fully saturated rings. The van der Waals surface area contributed by atoms with Crippen LogP contribution in [0, 0.1) is 17.3 Å². The van der Waals surface area contributed by atoms with E-state index in [1.54, 1.807) is 0 Å². The Kier molecular flexibility index (Phi) is 4.27. The van der Waals surface area contributed by atoms with Gasteiger partial charge in [-0.05, 0) is 79.9 Å². The molecule has 4 aliphatic carbocycles. The summed E-state index contributed by atoms with van der Waals surface area (Å²) < 4.78 is 0. The monoisotopic (exact) mass is 382 g/mol. The zero-order valence-electron chi connectivity index (χ0n) is 16.5. The van der Waals surface area contributed by atoms with Gasteiger partial charge in [0, 0.05) is 31.6 Å². The van der Waals surface area contributed by atoms with E-state index in [0.717, 1.165) is 56.3 Å². The molecule has 1 saturated heterocycles. The Balaban J connectivity index is 1.17. The summed E-state index contributed by atoms with van der Waals surface area (Å²) in [5.74, 6) is 1.52. The van der Waals surface area contributed by atoms with Crippen molar-refractivity contribution in [3.05, 3.63) is 29.8 Å². The van der Waals surface area contributed by atoms with Crippen molar-refractivity contribution < 1.29 is 14.7 Å². The number of aliphatic hydroxyl groups is 1. The average Bonchev–Trinajstić information content (AvgIpc) is 3.04. The highest BCUT2D eigenvalue weighted by Crippen LogP contribution is 2.62. The lowest BCUT2D eigenvalue weighted by atomic mass is 9.47. The molecule has 2 atom stereocenters. The lowest BCUT2D eigenvalue weighted by Gasteiger charge is -2.60. The average molecular weight is 383 g/mol. The van der Waals surface area contributed by atoms with Crippen LogP contribution in [0.1, 0.15) is 63.4 Å². The summed E-state index contributed by atoms with van der Waals surface area (Å²) >= 11 is 0. The van der Waals surface area contributed by atoms with Crippen LogP contribution in [0.25, 0.3) is 0 Å². The molecule has 0 spiro atoms. The highest BCUT2D eigenvalue weighted by atomic mass is 16.3. The molecule has 1 aromatic rings. The van der Waals surface area contributed by atoms with Crippen molar-refractivity contribution >= 4 is 17.5 Å². The number of hydrogen-bond donors (Lipinski definition) is 2. The normalized spacial score (nSPS) is 36.2. The van der Waals surface area contributed by atoms with Gasteiger partial charge in [-0.2, -0.15) is 0 Å². The third-order valence-electron chi connectivity index (χ3n) is 7.50. The van der Waals surface area contributed by atoms with Gasteiger partial charge in [0.25, 0.3) is 0 Å². The molecular weight excluding hydrogens is 352 g/mol. The Morgan fingerprint density at radius 3 is 2.46 bits per heavy atom. The fourth-order valence-corrected chi connectivity index (χ4v) is 6.93. The topological polar surface area (TPSA) is 69.6 Å². The molecule has 1 aliphatic heterocycles. The first-order valence-corrected chi connectivity index (χ1v) is 10.8. The number of rotatable bonds is 5. The predicted octanol–water partition coefficient (Wildman–Crippen LogP) is 3.15. The molecule has 1 aromatic carbocycles. The maximum atomic E-state index is 12.7. The van der Waals surface area contributed by atoms with Crippen molar-refractivity contribution in [1.82, 2.24) is 5.32 Å².